The molecular formula is C9H14F2N2. The van der Waals surface area contributed by atoms with E-state index >= 15 is 0 Å². The van der Waals surface area contributed by atoms with Crippen LogP contribution in [0.25, 0.3) is 0 Å². The number of hydrogen-bond acceptors (Lipinski definition) is 1. The first-order chi connectivity index (χ1) is 6.19. The second-order valence-electron chi connectivity index (χ2n) is 2.92. The maximum atomic E-state index is 12.2. The van der Waals surface area contributed by atoms with E-state index in [1.165, 1.54) is 12.4 Å². The SMILES string of the molecule is CCC(NC)c1ccn(C(F)F)c1. The van der Waals surface area contributed by atoms with Gasteiger partial charge in [-0.15, -0.1) is 0 Å². The molecule has 74 valence electrons. The number of rotatable bonds is 4. The van der Waals surface area contributed by atoms with Gasteiger partial charge in [0.15, 0.2) is 0 Å². The van der Waals surface area contributed by atoms with Gasteiger partial charge in [-0.1, -0.05) is 6.92 Å². The third kappa shape index (κ3) is 2.28. The summed E-state index contributed by atoms with van der Waals surface area (Å²) < 4.78 is 25.3. The van der Waals surface area contributed by atoms with Crippen molar-refractivity contribution < 1.29 is 8.78 Å². The summed E-state index contributed by atoms with van der Waals surface area (Å²) in [7, 11) is 1.83. The van der Waals surface area contributed by atoms with Crippen LogP contribution in [0.4, 0.5) is 8.78 Å². The van der Waals surface area contributed by atoms with Crippen LogP contribution in [-0.4, -0.2) is 11.6 Å². The molecule has 0 spiro atoms. The summed E-state index contributed by atoms with van der Waals surface area (Å²) in [6, 6.07) is 1.89. The van der Waals surface area contributed by atoms with Crippen molar-refractivity contribution in [2.75, 3.05) is 7.05 Å². The third-order valence-electron chi connectivity index (χ3n) is 2.12. The van der Waals surface area contributed by atoms with E-state index in [1.54, 1.807) is 6.07 Å². The molecule has 0 aromatic carbocycles. The van der Waals surface area contributed by atoms with Crippen LogP contribution in [0.15, 0.2) is 18.5 Å². The Morgan fingerprint density at radius 2 is 2.23 bits per heavy atom. The minimum absolute atomic E-state index is 0.167. The molecule has 0 saturated heterocycles. The van der Waals surface area contributed by atoms with Crippen LogP contribution in [0.2, 0.25) is 0 Å². The summed E-state index contributed by atoms with van der Waals surface area (Å²) in [5.41, 5.74) is 0.908. The van der Waals surface area contributed by atoms with Crippen molar-refractivity contribution >= 4 is 0 Å². The molecule has 0 radical (unpaired) electrons. The van der Waals surface area contributed by atoms with Crippen molar-refractivity contribution in [3.8, 4) is 0 Å². The number of nitrogens with zero attached hydrogens (tertiary/aromatic N) is 1. The quantitative estimate of drug-likeness (QED) is 0.768. The molecule has 0 aliphatic carbocycles. The monoisotopic (exact) mass is 188 g/mol. The number of alkyl halides is 2. The van der Waals surface area contributed by atoms with Crippen LogP contribution in [0, 0.1) is 0 Å². The van der Waals surface area contributed by atoms with Crippen molar-refractivity contribution in [2.45, 2.75) is 25.9 Å². The van der Waals surface area contributed by atoms with Gasteiger partial charge in [-0.3, -0.25) is 4.57 Å². The third-order valence-corrected chi connectivity index (χ3v) is 2.12. The van der Waals surface area contributed by atoms with Gasteiger partial charge in [0.25, 0.3) is 0 Å². The summed E-state index contributed by atoms with van der Waals surface area (Å²) >= 11 is 0. The zero-order chi connectivity index (χ0) is 9.84. The van der Waals surface area contributed by atoms with Gasteiger partial charge in [0.1, 0.15) is 0 Å². The molecule has 1 heterocycles. The summed E-state index contributed by atoms with van der Waals surface area (Å²) in [5.74, 6) is 0. The van der Waals surface area contributed by atoms with Crippen molar-refractivity contribution in [1.82, 2.24) is 9.88 Å². The highest BCUT2D eigenvalue weighted by Crippen LogP contribution is 2.19. The Balaban J connectivity index is 2.78. The maximum absolute atomic E-state index is 12.2. The summed E-state index contributed by atoms with van der Waals surface area (Å²) in [6.45, 7) is -0.427. The standard InChI is InChI=1S/C9H14F2N2/c1-3-8(12-2)7-4-5-13(6-7)9(10)11/h4-6,8-9,12H,3H2,1-2H3. The molecule has 1 unspecified atom stereocenters. The molecule has 1 N–H and O–H groups in total. The Bertz CT molecular complexity index is 254. The first kappa shape index (κ1) is 10.2. The van der Waals surface area contributed by atoms with E-state index < -0.39 is 6.55 Å². The first-order valence-corrected chi connectivity index (χ1v) is 4.31. The van der Waals surface area contributed by atoms with E-state index in [0.717, 1.165) is 16.6 Å². The molecule has 0 aliphatic heterocycles. The second-order valence-corrected chi connectivity index (χ2v) is 2.92. The average Bonchev–Trinajstić information content (AvgIpc) is 2.56. The molecule has 4 heteroatoms. The maximum Gasteiger partial charge on any atom is 0.318 e. The lowest BCUT2D eigenvalue weighted by Crippen LogP contribution is -2.14. The highest BCUT2D eigenvalue weighted by atomic mass is 19.3. The Hall–Kier alpha value is -0.900. The molecular weight excluding hydrogens is 174 g/mol. The average molecular weight is 188 g/mol. The highest BCUT2D eigenvalue weighted by molar-refractivity contribution is 5.15. The fraction of sp³-hybridized carbons (Fsp3) is 0.556. The zero-order valence-electron chi connectivity index (χ0n) is 7.80. The van der Waals surface area contributed by atoms with Gasteiger partial charge in [0.05, 0.1) is 0 Å². The molecule has 1 rings (SSSR count). The smallest absolute Gasteiger partial charge is 0.313 e. The lowest BCUT2D eigenvalue weighted by molar-refractivity contribution is 0.0705. The van der Waals surface area contributed by atoms with Crippen molar-refractivity contribution in [2.24, 2.45) is 0 Å². The van der Waals surface area contributed by atoms with E-state index in [-0.39, 0.29) is 6.04 Å². The molecule has 1 aromatic heterocycles. The van der Waals surface area contributed by atoms with E-state index in [2.05, 4.69) is 5.32 Å². The van der Waals surface area contributed by atoms with E-state index in [0.29, 0.717) is 0 Å². The van der Waals surface area contributed by atoms with E-state index in [9.17, 15) is 8.78 Å². The van der Waals surface area contributed by atoms with Crippen molar-refractivity contribution in [1.29, 1.82) is 0 Å². The van der Waals surface area contributed by atoms with Gasteiger partial charge in [0, 0.05) is 18.4 Å². The Morgan fingerprint density at radius 3 is 2.62 bits per heavy atom. The summed E-state index contributed by atoms with van der Waals surface area (Å²) in [6.07, 6.45) is 3.78. The summed E-state index contributed by atoms with van der Waals surface area (Å²) in [4.78, 5) is 0. The zero-order valence-corrected chi connectivity index (χ0v) is 7.80. The van der Waals surface area contributed by atoms with Crippen molar-refractivity contribution in [3.05, 3.63) is 24.0 Å². The molecule has 0 amide bonds. The Kier molecular flexibility index (Phi) is 3.42. The van der Waals surface area contributed by atoms with E-state index in [1.807, 2.05) is 14.0 Å². The van der Waals surface area contributed by atoms with Gasteiger partial charge >= 0.3 is 6.55 Å². The number of halogens is 2. The number of hydrogen-bond donors (Lipinski definition) is 1. The minimum Gasteiger partial charge on any atom is -0.313 e. The second kappa shape index (κ2) is 4.37. The lowest BCUT2D eigenvalue weighted by Gasteiger charge is -2.11. The highest BCUT2D eigenvalue weighted by Gasteiger charge is 2.10. The van der Waals surface area contributed by atoms with Crippen LogP contribution in [0.3, 0.4) is 0 Å². The van der Waals surface area contributed by atoms with Crippen molar-refractivity contribution in [3.63, 3.8) is 0 Å². The van der Waals surface area contributed by atoms with Gasteiger partial charge in [0.2, 0.25) is 0 Å². The topological polar surface area (TPSA) is 17.0 Å². The minimum atomic E-state index is -2.44. The molecule has 1 aromatic rings. The fourth-order valence-corrected chi connectivity index (χ4v) is 1.36. The Morgan fingerprint density at radius 1 is 1.54 bits per heavy atom. The van der Waals surface area contributed by atoms with Crippen LogP contribution in [0.5, 0.6) is 0 Å². The molecule has 0 saturated carbocycles. The van der Waals surface area contributed by atoms with Crippen LogP contribution in [-0.2, 0) is 0 Å². The molecule has 0 bridgehead atoms. The van der Waals surface area contributed by atoms with Gasteiger partial charge in [-0.25, -0.2) is 0 Å². The first-order valence-electron chi connectivity index (χ1n) is 4.31. The Labute approximate surface area is 76.6 Å². The predicted molar refractivity (Wildman–Crippen MR) is 47.8 cm³/mol. The molecule has 0 aliphatic rings. The normalized spacial score (nSPS) is 13.6. The number of aromatic nitrogens is 1. The van der Waals surface area contributed by atoms with Crippen LogP contribution in [0.1, 0.15) is 31.5 Å². The molecule has 2 nitrogen and oxygen atoms in total. The molecule has 13 heavy (non-hydrogen) atoms. The molecule has 1 atom stereocenters. The van der Waals surface area contributed by atoms with Crippen LogP contribution >= 0.6 is 0 Å². The van der Waals surface area contributed by atoms with Gasteiger partial charge < -0.3 is 5.32 Å². The van der Waals surface area contributed by atoms with Gasteiger partial charge in [-0.05, 0) is 25.1 Å². The van der Waals surface area contributed by atoms with E-state index in [4.69, 9.17) is 0 Å². The predicted octanol–water partition coefficient (Wildman–Crippen LogP) is 2.55. The molecule has 0 fully saturated rings. The fourth-order valence-electron chi connectivity index (χ4n) is 1.36. The summed E-state index contributed by atoms with van der Waals surface area (Å²) in [5, 5.41) is 3.06. The van der Waals surface area contributed by atoms with Gasteiger partial charge in [-0.2, -0.15) is 8.78 Å². The van der Waals surface area contributed by atoms with Crippen LogP contribution < -0.4 is 5.32 Å². The lowest BCUT2D eigenvalue weighted by atomic mass is 10.1. The largest absolute Gasteiger partial charge is 0.318 e. The number of nitrogens with one attached hydrogen (secondary N) is 1.